The Balaban J connectivity index is 1.37. The number of anilines is 1. The topological polar surface area (TPSA) is 89.3 Å². The van der Waals surface area contributed by atoms with Gasteiger partial charge >= 0.3 is 0 Å². The number of morpholine rings is 1. The summed E-state index contributed by atoms with van der Waals surface area (Å²) in [5.74, 6) is 1.23. The van der Waals surface area contributed by atoms with Gasteiger partial charge in [-0.3, -0.25) is 9.69 Å². The second-order valence-electron chi connectivity index (χ2n) is 8.93. The molecule has 0 radical (unpaired) electrons. The summed E-state index contributed by atoms with van der Waals surface area (Å²) in [6.45, 7) is 9.31. The van der Waals surface area contributed by atoms with Crippen LogP contribution in [0.1, 0.15) is 30.7 Å². The molecule has 9 nitrogen and oxygen atoms in total. The van der Waals surface area contributed by atoms with Crippen molar-refractivity contribution < 1.29 is 23.4 Å². The molecule has 0 unspecified atom stereocenters. The molecule has 0 aliphatic carbocycles. The lowest BCUT2D eigenvalue weighted by Crippen LogP contribution is -2.48. The van der Waals surface area contributed by atoms with Crippen LogP contribution in [0.2, 0.25) is 0 Å². The van der Waals surface area contributed by atoms with Crippen molar-refractivity contribution in [1.29, 1.82) is 0 Å². The standard InChI is InChI=1S/C22H36N4O5/c1-16-20(24-22(31-16)26-5-8-29-9-6-26)14-25-12-17(15-28-2)10-18(13-25)21(27)23-11-19-4-3-7-30-19/h17-19H,3-15H2,1-2H3,(H,23,27)/t17-,18-,19-/m1/s1. The Labute approximate surface area is 184 Å². The van der Waals surface area contributed by atoms with Crippen molar-refractivity contribution in [3.8, 4) is 0 Å². The van der Waals surface area contributed by atoms with Crippen LogP contribution in [-0.2, 0) is 25.5 Å². The molecule has 1 aromatic heterocycles. The summed E-state index contributed by atoms with van der Waals surface area (Å²) < 4.78 is 22.4. The van der Waals surface area contributed by atoms with Gasteiger partial charge in [-0.2, -0.15) is 4.98 Å². The molecule has 3 aliphatic rings. The van der Waals surface area contributed by atoms with E-state index in [-0.39, 0.29) is 17.9 Å². The first kappa shape index (κ1) is 22.5. The molecular weight excluding hydrogens is 400 g/mol. The van der Waals surface area contributed by atoms with Gasteiger partial charge in [0.1, 0.15) is 5.76 Å². The number of amides is 1. The minimum Gasteiger partial charge on any atom is -0.429 e. The van der Waals surface area contributed by atoms with Gasteiger partial charge in [-0.1, -0.05) is 0 Å². The third-order valence-corrected chi connectivity index (χ3v) is 6.45. The Morgan fingerprint density at radius 1 is 1.26 bits per heavy atom. The molecule has 0 saturated carbocycles. The van der Waals surface area contributed by atoms with Gasteiger partial charge in [0, 0.05) is 53.0 Å². The highest BCUT2D eigenvalue weighted by molar-refractivity contribution is 5.79. The Hall–Kier alpha value is -1.68. The maximum absolute atomic E-state index is 12.9. The minimum atomic E-state index is -0.0544. The highest BCUT2D eigenvalue weighted by Crippen LogP contribution is 2.26. The number of carbonyl (C=O) groups excluding carboxylic acids is 1. The summed E-state index contributed by atoms with van der Waals surface area (Å²) in [6, 6.07) is 0.673. The van der Waals surface area contributed by atoms with E-state index in [0.717, 1.165) is 63.5 Å². The highest BCUT2D eigenvalue weighted by Gasteiger charge is 2.33. The van der Waals surface area contributed by atoms with Crippen molar-refractivity contribution in [2.45, 2.75) is 38.8 Å². The third-order valence-electron chi connectivity index (χ3n) is 6.45. The first-order valence-corrected chi connectivity index (χ1v) is 11.5. The highest BCUT2D eigenvalue weighted by atomic mass is 16.5. The summed E-state index contributed by atoms with van der Waals surface area (Å²) in [6.07, 6.45) is 3.12. The molecule has 0 spiro atoms. The van der Waals surface area contributed by atoms with Crippen LogP contribution in [0.5, 0.6) is 0 Å². The molecule has 3 aliphatic heterocycles. The van der Waals surface area contributed by atoms with Gasteiger partial charge in [0.15, 0.2) is 0 Å². The molecule has 4 rings (SSSR count). The van der Waals surface area contributed by atoms with Crippen LogP contribution in [0.4, 0.5) is 6.01 Å². The monoisotopic (exact) mass is 436 g/mol. The predicted octanol–water partition coefficient (Wildman–Crippen LogP) is 1.20. The van der Waals surface area contributed by atoms with Crippen LogP contribution in [0.15, 0.2) is 4.42 Å². The predicted molar refractivity (Wildman–Crippen MR) is 115 cm³/mol. The molecule has 3 fully saturated rings. The van der Waals surface area contributed by atoms with E-state index in [4.69, 9.17) is 23.6 Å². The zero-order valence-corrected chi connectivity index (χ0v) is 18.8. The number of hydrogen-bond acceptors (Lipinski definition) is 8. The average molecular weight is 437 g/mol. The summed E-state index contributed by atoms with van der Waals surface area (Å²) in [7, 11) is 1.72. The lowest BCUT2D eigenvalue weighted by atomic mass is 9.88. The Kier molecular flexibility index (Phi) is 7.81. The molecule has 4 heterocycles. The number of oxazole rings is 1. The Morgan fingerprint density at radius 2 is 2.10 bits per heavy atom. The smallest absolute Gasteiger partial charge is 0.297 e. The fourth-order valence-corrected chi connectivity index (χ4v) is 4.80. The number of hydrogen-bond donors (Lipinski definition) is 1. The summed E-state index contributed by atoms with van der Waals surface area (Å²) in [5, 5.41) is 3.12. The van der Waals surface area contributed by atoms with Crippen molar-refractivity contribution in [2.75, 3.05) is 71.2 Å². The first-order valence-electron chi connectivity index (χ1n) is 11.5. The van der Waals surface area contributed by atoms with Crippen LogP contribution in [0, 0.1) is 18.8 Å². The van der Waals surface area contributed by atoms with Gasteiger partial charge in [0.25, 0.3) is 6.01 Å². The van der Waals surface area contributed by atoms with Crippen LogP contribution >= 0.6 is 0 Å². The summed E-state index contributed by atoms with van der Waals surface area (Å²) in [5.41, 5.74) is 0.943. The number of aryl methyl sites for hydroxylation is 1. The first-order chi connectivity index (χ1) is 15.1. The largest absolute Gasteiger partial charge is 0.429 e. The third kappa shape index (κ3) is 5.97. The van der Waals surface area contributed by atoms with Crippen LogP contribution in [0.25, 0.3) is 0 Å². The minimum absolute atomic E-state index is 0.0544. The van der Waals surface area contributed by atoms with E-state index < -0.39 is 0 Å². The average Bonchev–Trinajstić information content (AvgIpc) is 3.43. The lowest BCUT2D eigenvalue weighted by molar-refractivity contribution is -0.128. The van der Waals surface area contributed by atoms with Crippen molar-refractivity contribution >= 4 is 11.9 Å². The SMILES string of the molecule is COC[C@@H]1C[C@@H](C(=O)NC[C@H]2CCCO2)CN(Cc2nc(N3CCOCC3)oc2C)C1. The van der Waals surface area contributed by atoms with Gasteiger partial charge in [0.2, 0.25) is 5.91 Å². The fourth-order valence-electron chi connectivity index (χ4n) is 4.80. The molecule has 0 aromatic carbocycles. The van der Waals surface area contributed by atoms with E-state index in [9.17, 15) is 4.79 Å². The number of likely N-dealkylation sites (tertiary alicyclic amines) is 1. The second kappa shape index (κ2) is 10.8. The number of nitrogens with one attached hydrogen (secondary N) is 1. The summed E-state index contributed by atoms with van der Waals surface area (Å²) in [4.78, 5) is 22.1. The molecule has 31 heavy (non-hydrogen) atoms. The van der Waals surface area contributed by atoms with E-state index in [2.05, 4.69) is 15.1 Å². The van der Waals surface area contributed by atoms with E-state index in [1.54, 1.807) is 7.11 Å². The van der Waals surface area contributed by atoms with Gasteiger partial charge in [-0.05, 0) is 32.1 Å². The van der Waals surface area contributed by atoms with Crippen molar-refractivity contribution in [2.24, 2.45) is 11.8 Å². The maximum Gasteiger partial charge on any atom is 0.297 e. The number of methoxy groups -OCH3 is 1. The molecule has 9 heteroatoms. The van der Waals surface area contributed by atoms with Gasteiger partial charge in [-0.15, -0.1) is 0 Å². The van der Waals surface area contributed by atoms with Gasteiger partial charge in [0.05, 0.1) is 37.5 Å². The van der Waals surface area contributed by atoms with Crippen LogP contribution in [0.3, 0.4) is 0 Å². The molecule has 174 valence electrons. The van der Waals surface area contributed by atoms with Crippen LogP contribution < -0.4 is 10.2 Å². The number of carbonyl (C=O) groups is 1. The molecule has 1 N–H and O–H groups in total. The fraction of sp³-hybridized carbons (Fsp3) is 0.818. The number of rotatable bonds is 8. The Bertz CT molecular complexity index is 715. The van der Waals surface area contributed by atoms with Crippen molar-refractivity contribution in [3.05, 3.63) is 11.5 Å². The maximum atomic E-state index is 12.9. The number of piperidine rings is 1. The number of aromatic nitrogens is 1. The van der Waals surface area contributed by atoms with E-state index in [0.29, 0.717) is 44.8 Å². The lowest BCUT2D eigenvalue weighted by Gasteiger charge is -2.36. The zero-order chi connectivity index (χ0) is 21.6. The second-order valence-corrected chi connectivity index (χ2v) is 8.93. The molecule has 0 bridgehead atoms. The van der Waals surface area contributed by atoms with E-state index >= 15 is 0 Å². The molecule has 1 amide bonds. The van der Waals surface area contributed by atoms with Gasteiger partial charge in [-0.25, -0.2) is 0 Å². The van der Waals surface area contributed by atoms with Crippen LogP contribution in [-0.4, -0.2) is 88.2 Å². The molecule has 3 saturated heterocycles. The van der Waals surface area contributed by atoms with E-state index in [1.807, 2.05) is 6.92 Å². The molecule has 1 aromatic rings. The number of nitrogens with zero attached hydrogens (tertiary/aromatic N) is 3. The van der Waals surface area contributed by atoms with Gasteiger partial charge < -0.3 is 28.8 Å². The molecule has 3 atom stereocenters. The normalized spacial score (nSPS) is 27.5. The summed E-state index contributed by atoms with van der Waals surface area (Å²) >= 11 is 0. The quantitative estimate of drug-likeness (QED) is 0.650. The zero-order valence-electron chi connectivity index (χ0n) is 18.8. The number of ether oxygens (including phenoxy) is 3. The van der Waals surface area contributed by atoms with Crippen molar-refractivity contribution in [1.82, 2.24) is 15.2 Å². The van der Waals surface area contributed by atoms with E-state index in [1.165, 1.54) is 0 Å². The molecular formula is C22H36N4O5. The van der Waals surface area contributed by atoms with Crippen molar-refractivity contribution in [3.63, 3.8) is 0 Å². The Morgan fingerprint density at radius 3 is 2.84 bits per heavy atom.